The van der Waals surface area contributed by atoms with Crippen molar-refractivity contribution in [2.45, 2.75) is 19.3 Å². The molecule has 0 N–H and O–H groups in total. The van der Waals surface area contributed by atoms with Crippen molar-refractivity contribution < 1.29 is 0 Å². The second kappa shape index (κ2) is 11.3. The van der Waals surface area contributed by atoms with Gasteiger partial charge >= 0.3 is 0 Å². The smallest absolute Gasteiger partial charge is 0.160 e. The largest absolute Gasteiger partial charge is 0.228 e. The lowest BCUT2D eigenvalue weighted by Gasteiger charge is -2.23. The maximum absolute atomic E-state index is 5.31. The van der Waals surface area contributed by atoms with Gasteiger partial charge in [-0.3, -0.25) is 0 Å². The van der Waals surface area contributed by atoms with E-state index < -0.39 is 0 Å². The van der Waals surface area contributed by atoms with E-state index in [9.17, 15) is 0 Å². The summed E-state index contributed by atoms with van der Waals surface area (Å²) in [6.07, 6.45) is 0. The first kappa shape index (κ1) is 29.5. The van der Waals surface area contributed by atoms with Gasteiger partial charge in [0, 0.05) is 22.1 Å². The summed E-state index contributed by atoms with van der Waals surface area (Å²) >= 11 is 0. The number of nitrogens with zero attached hydrogens (tertiary/aromatic N) is 2. The van der Waals surface area contributed by atoms with E-state index in [2.05, 4.69) is 178 Å². The highest BCUT2D eigenvalue weighted by Crippen LogP contribution is 2.53. The Balaban J connectivity index is 1.19. The van der Waals surface area contributed by atoms with Crippen molar-refractivity contribution in [3.63, 3.8) is 0 Å². The van der Waals surface area contributed by atoms with Crippen molar-refractivity contribution in [2.24, 2.45) is 0 Å². The third-order valence-corrected chi connectivity index (χ3v) is 10.9. The van der Waals surface area contributed by atoms with Crippen LogP contribution in [0.3, 0.4) is 0 Å². The van der Waals surface area contributed by atoms with Gasteiger partial charge in [-0.2, -0.15) is 0 Å². The number of hydrogen-bond acceptors (Lipinski definition) is 2. The Hall–Kier alpha value is -6.38. The first-order valence-corrected chi connectivity index (χ1v) is 17.7. The Morgan fingerprint density at radius 3 is 1.88 bits per heavy atom. The predicted octanol–water partition coefficient (Wildman–Crippen LogP) is 12.9. The van der Waals surface area contributed by atoms with Gasteiger partial charge in [0.25, 0.3) is 0 Å². The van der Waals surface area contributed by atoms with Gasteiger partial charge in [-0.25, -0.2) is 9.97 Å². The maximum atomic E-state index is 5.31. The molecule has 1 aliphatic carbocycles. The fourth-order valence-corrected chi connectivity index (χ4v) is 8.35. The lowest BCUT2D eigenvalue weighted by Crippen LogP contribution is -2.15. The molecule has 2 heteroatoms. The average molecular weight is 651 g/mol. The Kier molecular flexibility index (Phi) is 6.56. The van der Waals surface area contributed by atoms with Gasteiger partial charge in [0.2, 0.25) is 0 Å². The Morgan fingerprint density at radius 1 is 0.373 bits per heavy atom. The molecule has 0 aliphatic heterocycles. The van der Waals surface area contributed by atoms with Crippen LogP contribution in [-0.2, 0) is 5.41 Å². The standard InChI is InChI=1S/C49H34N2/c1-49(2)43-25-11-10-22-41(43)47-40-21-9-8-20-38(40)42(29-44(47)49)46-30-45(50-48(51-46)32-15-4-3-5-16-32)34-18-12-17-33(28-34)36-23-13-24-37-35-19-7-6-14-31(35)26-27-39(36)37/h3-30H,1-2H3. The van der Waals surface area contributed by atoms with Gasteiger partial charge in [-0.15, -0.1) is 0 Å². The summed E-state index contributed by atoms with van der Waals surface area (Å²) in [7, 11) is 0. The van der Waals surface area contributed by atoms with Crippen molar-refractivity contribution in [1.82, 2.24) is 9.97 Å². The minimum atomic E-state index is -0.138. The average Bonchev–Trinajstić information content (AvgIpc) is 3.43. The zero-order chi connectivity index (χ0) is 34.1. The molecule has 0 spiro atoms. The second-order valence-corrected chi connectivity index (χ2v) is 14.2. The quantitative estimate of drug-likeness (QED) is 0.177. The zero-order valence-electron chi connectivity index (χ0n) is 28.6. The number of fused-ring (bicyclic) bond motifs is 8. The van der Waals surface area contributed by atoms with Gasteiger partial charge in [0.05, 0.1) is 11.4 Å². The van der Waals surface area contributed by atoms with E-state index in [1.54, 1.807) is 0 Å². The SMILES string of the molecule is CC1(C)c2ccccc2-c2c1cc(-c1cc(-c3cccc(-c4cccc5c4ccc4ccccc45)c3)nc(-c3ccccc3)n1)c1ccccc21. The number of rotatable bonds is 4. The molecule has 240 valence electrons. The van der Waals surface area contributed by atoms with E-state index in [1.807, 2.05) is 6.07 Å². The molecule has 9 aromatic rings. The van der Waals surface area contributed by atoms with E-state index in [1.165, 1.54) is 60.1 Å². The molecule has 1 aromatic heterocycles. The molecule has 0 saturated carbocycles. The van der Waals surface area contributed by atoms with Gasteiger partial charge in [0.1, 0.15) is 0 Å². The van der Waals surface area contributed by atoms with Crippen LogP contribution in [0.4, 0.5) is 0 Å². The van der Waals surface area contributed by atoms with Crippen LogP contribution in [0, 0.1) is 0 Å². The summed E-state index contributed by atoms with van der Waals surface area (Å²) in [5.74, 6) is 0.720. The molecular weight excluding hydrogens is 617 g/mol. The molecule has 0 radical (unpaired) electrons. The Bertz CT molecular complexity index is 2830. The molecule has 0 atom stereocenters. The van der Waals surface area contributed by atoms with Crippen LogP contribution in [0.2, 0.25) is 0 Å². The van der Waals surface area contributed by atoms with E-state index in [0.717, 1.165) is 39.5 Å². The number of hydrogen-bond donors (Lipinski definition) is 0. The minimum absolute atomic E-state index is 0.138. The highest BCUT2D eigenvalue weighted by Gasteiger charge is 2.37. The summed E-state index contributed by atoms with van der Waals surface area (Å²) in [6, 6.07) is 61.2. The molecule has 51 heavy (non-hydrogen) atoms. The highest BCUT2D eigenvalue weighted by molar-refractivity contribution is 6.12. The van der Waals surface area contributed by atoms with Crippen molar-refractivity contribution in [1.29, 1.82) is 0 Å². The fraction of sp³-hybridized carbons (Fsp3) is 0.0612. The molecule has 1 aliphatic rings. The molecular formula is C49H34N2. The fourth-order valence-electron chi connectivity index (χ4n) is 8.35. The molecule has 0 unspecified atom stereocenters. The van der Waals surface area contributed by atoms with Gasteiger partial charge in [-0.05, 0) is 83.9 Å². The maximum Gasteiger partial charge on any atom is 0.160 e. The number of aromatic nitrogens is 2. The summed E-state index contributed by atoms with van der Waals surface area (Å²) in [6.45, 7) is 4.69. The molecule has 8 aromatic carbocycles. The van der Waals surface area contributed by atoms with Gasteiger partial charge in [0.15, 0.2) is 5.82 Å². The number of benzene rings is 8. The van der Waals surface area contributed by atoms with Crippen LogP contribution in [0.25, 0.3) is 88.5 Å². The first-order chi connectivity index (χ1) is 25.0. The molecule has 1 heterocycles. The van der Waals surface area contributed by atoms with Crippen LogP contribution in [0.15, 0.2) is 170 Å². The molecule has 0 saturated heterocycles. The van der Waals surface area contributed by atoms with Crippen molar-refractivity contribution in [2.75, 3.05) is 0 Å². The lowest BCUT2D eigenvalue weighted by molar-refractivity contribution is 0.661. The summed E-state index contributed by atoms with van der Waals surface area (Å²) < 4.78 is 0. The Morgan fingerprint density at radius 2 is 1.00 bits per heavy atom. The highest BCUT2D eigenvalue weighted by atomic mass is 14.9. The van der Waals surface area contributed by atoms with Crippen molar-refractivity contribution >= 4 is 32.3 Å². The van der Waals surface area contributed by atoms with E-state index in [0.29, 0.717) is 0 Å². The Labute approximate surface area is 297 Å². The second-order valence-electron chi connectivity index (χ2n) is 14.2. The molecule has 2 nitrogen and oxygen atoms in total. The summed E-state index contributed by atoms with van der Waals surface area (Å²) in [5, 5.41) is 7.49. The third-order valence-electron chi connectivity index (χ3n) is 10.9. The summed E-state index contributed by atoms with van der Waals surface area (Å²) in [4.78, 5) is 10.6. The van der Waals surface area contributed by atoms with Crippen molar-refractivity contribution in [3.05, 3.63) is 181 Å². The summed E-state index contributed by atoms with van der Waals surface area (Å²) in [5.41, 5.74) is 12.6. The minimum Gasteiger partial charge on any atom is -0.228 e. The molecule has 0 fully saturated rings. The molecule has 0 amide bonds. The monoisotopic (exact) mass is 650 g/mol. The predicted molar refractivity (Wildman–Crippen MR) is 214 cm³/mol. The normalized spacial score (nSPS) is 13.1. The molecule has 0 bridgehead atoms. The molecule has 10 rings (SSSR count). The van der Waals surface area contributed by atoms with Crippen LogP contribution in [0.1, 0.15) is 25.0 Å². The topological polar surface area (TPSA) is 25.8 Å². The van der Waals surface area contributed by atoms with Crippen LogP contribution in [-0.4, -0.2) is 9.97 Å². The zero-order valence-corrected chi connectivity index (χ0v) is 28.6. The van der Waals surface area contributed by atoms with Gasteiger partial charge < -0.3 is 0 Å². The van der Waals surface area contributed by atoms with E-state index >= 15 is 0 Å². The van der Waals surface area contributed by atoms with E-state index in [4.69, 9.17) is 9.97 Å². The van der Waals surface area contributed by atoms with Crippen LogP contribution >= 0.6 is 0 Å². The third kappa shape index (κ3) is 4.64. The van der Waals surface area contributed by atoms with Gasteiger partial charge in [-0.1, -0.05) is 166 Å². The first-order valence-electron chi connectivity index (χ1n) is 17.7. The van der Waals surface area contributed by atoms with Crippen molar-refractivity contribution in [3.8, 4) is 56.2 Å². The van der Waals surface area contributed by atoms with Crippen LogP contribution in [0.5, 0.6) is 0 Å². The van der Waals surface area contributed by atoms with E-state index in [-0.39, 0.29) is 5.41 Å². The van der Waals surface area contributed by atoms with Crippen LogP contribution < -0.4 is 0 Å². The lowest BCUT2D eigenvalue weighted by atomic mass is 9.81.